The van der Waals surface area contributed by atoms with E-state index in [1.807, 2.05) is 30.3 Å². The Morgan fingerprint density at radius 3 is 2.35 bits per heavy atom. The van der Waals surface area contributed by atoms with Gasteiger partial charge in [-0.3, -0.25) is 4.79 Å². The molecule has 0 radical (unpaired) electrons. The molecule has 0 spiro atoms. The fraction of sp³-hybridized carbons (Fsp3) is 0.200. The third kappa shape index (κ3) is 4.03. The van der Waals surface area contributed by atoms with E-state index >= 15 is 0 Å². The minimum absolute atomic E-state index is 0.113. The lowest BCUT2D eigenvalue weighted by Crippen LogP contribution is -2.15. The van der Waals surface area contributed by atoms with Crippen molar-refractivity contribution >= 4 is 11.6 Å². The fourth-order valence-electron chi connectivity index (χ4n) is 2.53. The van der Waals surface area contributed by atoms with Gasteiger partial charge in [-0.15, -0.1) is 0 Å². The Labute approximate surface area is 151 Å². The first-order valence-electron chi connectivity index (χ1n) is 8.13. The molecule has 1 N–H and O–H groups in total. The van der Waals surface area contributed by atoms with Gasteiger partial charge in [-0.1, -0.05) is 18.2 Å². The minimum atomic E-state index is -0.198. The number of carbonyl (C=O) groups excluding carboxylic acids is 1. The van der Waals surface area contributed by atoms with Crippen molar-refractivity contribution in [1.29, 1.82) is 0 Å². The summed E-state index contributed by atoms with van der Waals surface area (Å²) >= 11 is 0. The summed E-state index contributed by atoms with van der Waals surface area (Å²) in [5, 5.41) is 2.84. The molecule has 0 saturated carbocycles. The van der Waals surface area contributed by atoms with Gasteiger partial charge in [-0.25, -0.2) is 4.98 Å². The number of aromatic nitrogens is 1. The number of nitrogens with zero attached hydrogens (tertiary/aromatic N) is 1. The Hall–Kier alpha value is -3.28. The highest BCUT2D eigenvalue weighted by atomic mass is 16.5. The van der Waals surface area contributed by atoms with Crippen LogP contribution in [0, 0.1) is 6.92 Å². The summed E-state index contributed by atoms with van der Waals surface area (Å²) < 4.78 is 16.1. The number of anilines is 1. The Morgan fingerprint density at radius 2 is 1.73 bits per heavy atom. The molecule has 0 unspecified atom stereocenters. The van der Waals surface area contributed by atoms with Gasteiger partial charge in [-0.05, 0) is 19.1 Å². The van der Waals surface area contributed by atoms with Crippen LogP contribution in [0.1, 0.15) is 11.5 Å². The number of oxazole rings is 1. The third-order valence-electron chi connectivity index (χ3n) is 3.88. The van der Waals surface area contributed by atoms with Crippen molar-refractivity contribution in [2.24, 2.45) is 0 Å². The zero-order valence-corrected chi connectivity index (χ0v) is 14.9. The quantitative estimate of drug-likeness (QED) is 0.729. The lowest BCUT2D eigenvalue weighted by atomic mass is 10.2. The number of carbonyl (C=O) groups is 1. The fourth-order valence-corrected chi connectivity index (χ4v) is 2.53. The lowest BCUT2D eigenvalue weighted by molar-refractivity contribution is -0.115. The maximum atomic E-state index is 12.4. The molecule has 0 saturated heterocycles. The zero-order chi connectivity index (χ0) is 18.5. The molecule has 1 heterocycles. The molecule has 2 aromatic carbocycles. The second kappa shape index (κ2) is 7.74. The molecule has 3 aromatic rings. The number of aryl methyl sites for hydroxylation is 1. The second-order valence-electron chi connectivity index (χ2n) is 5.71. The summed E-state index contributed by atoms with van der Waals surface area (Å²) in [6.45, 7) is 1.80. The number of hydrogen-bond donors (Lipinski definition) is 1. The van der Waals surface area contributed by atoms with Crippen LogP contribution in [0.5, 0.6) is 11.5 Å². The Balaban J connectivity index is 1.74. The topological polar surface area (TPSA) is 73.6 Å². The highest BCUT2D eigenvalue weighted by molar-refractivity contribution is 5.92. The average molecular weight is 352 g/mol. The van der Waals surface area contributed by atoms with Crippen molar-refractivity contribution < 1.29 is 18.7 Å². The summed E-state index contributed by atoms with van der Waals surface area (Å²) in [7, 11) is 3.12. The predicted octanol–water partition coefficient (Wildman–Crippen LogP) is 3.85. The van der Waals surface area contributed by atoms with Gasteiger partial charge in [0.25, 0.3) is 0 Å². The monoisotopic (exact) mass is 352 g/mol. The molecule has 0 aliphatic rings. The molecule has 134 valence electrons. The first-order chi connectivity index (χ1) is 12.6. The summed E-state index contributed by atoms with van der Waals surface area (Å²) in [6.07, 6.45) is 0.113. The van der Waals surface area contributed by atoms with E-state index in [9.17, 15) is 4.79 Å². The van der Waals surface area contributed by atoms with Crippen LogP contribution in [0.15, 0.2) is 52.9 Å². The van der Waals surface area contributed by atoms with Crippen molar-refractivity contribution in [2.45, 2.75) is 13.3 Å². The molecule has 0 atom stereocenters. The molecule has 1 amide bonds. The van der Waals surface area contributed by atoms with Crippen LogP contribution in [0.3, 0.4) is 0 Å². The van der Waals surface area contributed by atoms with Crippen molar-refractivity contribution in [1.82, 2.24) is 4.98 Å². The maximum Gasteiger partial charge on any atom is 0.230 e. The van der Waals surface area contributed by atoms with Gasteiger partial charge in [0.15, 0.2) is 0 Å². The minimum Gasteiger partial charge on any atom is -0.497 e. The largest absolute Gasteiger partial charge is 0.497 e. The molecule has 6 nitrogen and oxygen atoms in total. The van der Waals surface area contributed by atoms with Crippen molar-refractivity contribution in [3.63, 3.8) is 0 Å². The van der Waals surface area contributed by atoms with Gasteiger partial charge in [0.2, 0.25) is 11.8 Å². The Bertz CT molecular complexity index is 881. The van der Waals surface area contributed by atoms with Crippen LogP contribution in [-0.4, -0.2) is 25.1 Å². The van der Waals surface area contributed by atoms with Crippen molar-refractivity contribution in [3.05, 3.63) is 60.0 Å². The smallest absolute Gasteiger partial charge is 0.230 e. The number of nitrogens with one attached hydrogen (secondary N) is 1. The van der Waals surface area contributed by atoms with E-state index < -0.39 is 0 Å². The number of methoxy groups -OCH3 is 2. The number of amides is 1. The lowest BCUT2D eigenvalue weighted by Gasteiger charge is -2.09. The molecule has 0 aliphatic heterocycles. The number of hydrogen-bond acceptors (Lipinski definition) is 5. The van der Waals surface area contributed by atoms with E-state index in [2.05, 4.69) is 10.3 Å². The van der Waals surface area contributed by atoms with E-state index in [0.29, 0.717) is 34.5 Å². The summed E-state index contributed by atoms with van der Waals surface area (Å²) in [4.78, 5) is 16.9. The standard InChI is InChI=1S/C20H20N2O4/c1-13-18(22-20(26-13)14-7-5-4-6-8-14)12-19(23)21-15-9-16(24-2)11-17(10-15)25-3/h4-11H,12H2,1-3H3,(H,21,23). The highest BCUT2D eigenvalue weighted by Gasteiger charge is 2.15. The molecule has 0 fully saturated rings. The number of benzene rings is 2. The predicted molar refractivity (Wildman–Crippen MR) is 98.6 cm³/mol. The number of ether oxygens (including phenoxy) is 2. The van der Waals surface area contributed by atoms with Gasteiger partial charge in [0.1, 0.15) is 17.3 Å². The molecule has 0 aliphatic carbocycles. The normalized spacial score (nSPS) is 10.4. The zero-order valence-electron chi connectivity index (χ0n) is 14.9. The highest BCUT2D eigenvalue weighted by Crippen LogP contribution is 2.26. The van der Waals surface area contributed by atoms with Crippen LogP contribution in [0.2, 0.25) is 0 Å². The summed E-state index contributed by atoms with van der Waals surface area (Å²) in [6, 6.07) is 14.8. The first-order valence-corrected chi connectivity index (χ1v) is 8.13. The molecular formula is C20H20N2O4. The molecule has 26 heavy (non-hydrogen) atoms. The Kier molecular flexibility index (Phi) is 5.22. The van der Waals surface area contributed by atoms with E-state index in [-0.39, 0.29) is 12.3 Å². The van der Waals surface area contributed by atoms with E-state index in [1.165, 1.54) is 0 Å². The second-order valence-corrected chi connectivity index (χ2v) is 5.71. The van der Waals surface area contributed by atoms with Crippen LogP contribution in [0.25, 0.3) is 11.5 Å². The summed E-state index contributed by atoms with van der Waals surface area (Å²) in [5.74, 6) is 2.14. The van der Waals surface area contributed by atoms with Gasteiger partial charge >= 0.3 is 0 Å². The van der Waals surface area contributed by atoms with Gasteiger partial charge < -0.3 is 19.2 Å². The Morgan fingerprint density at radius 1 is 1.08 bits per heavy atom. The van der Waals surface area contributed by atoms with Crippen LogP contribution in [-0.2, 0) is 11.2 Å². The van der Waals surface area contributed by atoms with Crippen LogP contribution >= 0.6 is 0 Å². The molecule has 6 heteroatoms. The maximum absolute atomic E-state index is 12.4. The first kappa shape index (κ1) is 17.5. The summed E-state index contributed by atoms with van der Waals surface area (Å²) in [5.41, 5.74) is 2.08. The molecular weight excluding hydrogens is 332 g/mol. The van der Waals surface area contributed by atoms with Gasteiger partial charge in [0.05, 0.1) is 26.3 Å². The molecule has 3 rings (SSSR count). The van der Waals surface area contributed by atoms with Crippen molar-refractivity contribution in [2.75, 3.05) is 19.5 Å². The third-order valence-corrected chi connectivity index (χ3v) is 3.88. The van der Waals surface area contributed by atoms with Crippen molar-refractivity contribution in [3.8, 4) is 23.0 Å². The molecule has 1 aromatic heterocycles. The van der Waals surface area contributed by atoms with Gasteiger partial charge in [-0.2, -0.15) is 0 Å². The SMILES string of the molecule is COc1cc(NC(=O)Cc2nc(-c3ccccc3)oc2C)cc(OC)c1. The number of rotatable bonds is 6. The van der Waals surface area contributed by atoms with E-state index in [0.717, 1.165) is 5.56 Å². The average Bonchev–Trinajstić information content (AvgIpc) is 3.02. The van der Waals surface area contributed by atoms with Crippen LogP contribution < -0.4 is 14.8 Å². The van der Waals surface area contributed by atoms with Gasteiger partial charge in [0, 0.05) is 29.4 Å². The van der Waals surface area contributed by atoms with E-state index in [4.69, 9.17) is 13.9 Å². The van der Waals surface area contributed by atoms with Crippen LogP contribution in [0.4, 0.5) is 5.69 Å². The van der Waals surface area contributed by atoms with E-state index in [1.54, 1.807) is 39.3 Å². The molecule has 0 bridgehead atoms.